The smallest absolute Gasteiger partial charge is 0.306 e. The van der Waals surface area contributed by atoms with E-state index in [2.05, 4.69) is 20.8 Å². The molecule has 0 aromatic carbocycles. The zero-order valence-electron chi connectivity index (χ0n) is 44.3. The van der Waals surface area contributed by atoms with Crippen molar-refractivity contribution < 1.29 is 28.6 Å². The number of unbranched alkanes of at least 4 members (excludes halogenated alkanes) is 44. The summed E-state index contributed by atoms with van der Waals surface area (Å²) in [5.41, 5.74) is 0. The van der Waals surface area contributed by atoms with Crippen molar-refractivity contribution in [1.82, 2.24) is 0 Å². The molecular weight excluding hydrogens is 805 g/mol. The largest absolute Gasteiger partial charge is 0.462 e. The van der Waals surface area contributed by atoms with Crippen LogP contribution in [0, 0.1) is 0 Å². The number of hydrogen-bond acceptors (Lipinski definition) is 6. The third-order valence-electron chi connectivity index (χ3n) is 13.6. The van der Waals surface area contributed by atoms with Crippen LogP contribution in [0.3, 0.4) is 0 Å². The quantitative estimate of drug-likeness (QED) is 0.0344. The summed E-state index contributed by atoms with van der Waals surface area (Å²) in [5.74, 6) is -0.845. The molecule has 386 valence electrons. The van der Waals surface area contributed by atoms with Crippen LogP contribution in [0.4, 0.5) is 0 Å². The maximum atomic E-state index is 12.8. The SMILES string of the molecule is CCCCCCCCCCCCCCCCCCCCCCCCC(=O)OCC(COC(=O)CCCCCCCC)OC(=O)CCCCCCCCCCCCCCCCCCCCC. The molecule has 0 aliphatic heterocycles. The lowest BCUT2D eigenvalue weighted by atomic mass is 10.0. The lowest BCUT2D eigenvalue weighted by Gasteiger charge is -2.18. The van der Waals surface area contributed by atoms with Crippen LogP contribution in [0.5, 0.6) is 0 Å². The number of carbonyl (C=O) groups excluding carboxylic acids is 3. The molecule has 0 amide bonds. The van der Waals surface area contributed by atoms with Gasteiger partial charge in [0.25, 0.3) is 0 Å². The normalized spacial score (nSPS) is 11.9. The molecule has 0 saturated carbocycles. The minimum absolute atomic E-state index is 0.0621. The predicted molar refractivity (Wildman–Crippen MR) is 280 cm³/mol. The van der Waals surface area contributed by atoms with Gasteiger partial charge in [-0.3, -0.25) is 14.4 Å². The van der Waals surface area contributed by atoms with E-state index in [0.717, 1.165) is 57.8 Å². The van der Waals surface area contributed by atoms with E-state index >= 15 is 0 Å². The van der Waals surface area contributed by atoms with E-state index in [9.17, 15) is 14.4 Å². The van der Waals surface area contributed by atoms with Gasteiger partial charge in [0.1, 0.15) is 13.2 Å². The standard InChI is InChI=1S/C59H114O6/c1-4-7-10-13-16-18-20-22-24-26-28-29-30-32-33-35-37-39-41-43-46-49-52-58(61)64-55-56(54-63-57(60)51-48-45-15-12-9-6-3)65-59(62)53-50-47-44-42-40-38-36-34-31-27-25-23-21-19-17-14-11-8-5-2/h56H,4-55H2,1-3H3. The number of hydrogen-bond donors (Lipinski definition) is 0. The number of carbonyl (C=O) groups is 3. The second-order valence-corrected chi connectivity index (χ2v) is 20.3. The van der Waals surface area contributed by atoms with E-state index in [-0.39, 0.29) is 31.1 Å². The van der Waals surface area contributed by atoms with Gasteiger partial charge in [-0.05, 0) is 19.3 Å². The minimum atomic E-state index is -0.759. The third-order valence-corrected chi connectivity index (χ3v) is 13.6. The van der Waals surface area contributed by atoms with Crippen LogP contribution < -0.4 is 0 Å². The van der Waals surface area contributed by atoms with Crippen molar-refractivity contribution in [2.45, 2.75) is 348 Å². The first-order chi connectivity index (χ1) is 32.0. The fraction of sp³-hybridized carbons (Fsp3) is 0.949. The van der Waals surface area contributed by atoms with Crippen LogP contribution in [-0.4, -0.2) is 37.2 Å². The number of rotatable bonds is 55. The third kappa shape index (κ3) is 53.2. The van der Waals surface area contributed by atoms with Gasteiger partial charge in [-0.25, -0.2) is 0 Å². The summed E-state index contributed by atoms with van der Waals surface area (Å²) >= 11 is 0. The monoisotopic (exact) mass is 919 g/mol. The van der Waals surface area contributed by atoms with Gasteiger partial charge in [0.05, 0.1) is 0 Å². The zero-order valence-corrected chi connectivity index (χ0v) is 44.3. The minimum Gasteiger partial charge on any atom is -0.462 e. The van der Waals surface area contributed by atoms with Crippen molar-refractivity contribution >= 4 is 17.9 Å². The van der Waals surface area contributed by atoms with Crippen LogP contribution >= 0.6 is 0 Å². The summed E-state index contributed by atoms with van der Waals surface area (Å²) < 4.78 is 16.8. The molecule has 1 atom stereocenters. The molecule has 0 rings (SSSR count). The molecule has 0 fully saturated rings. The molecule has 0 radical (unpaired) electrons. The molecule has 0 aromatic rings. The summed E-state index contributed by atoms with van der Waals surface area (Å²) in [6.45, 7) is 6.65. The molecule has 0 saturated heterocycles. The Morgan fingerprint density at radius 3 is 0.615 bits per heavy atom. The van der Waals surface area contributed by atoms with Gasteiger partial charge in [-0.1, -0.05) is 303 Å². The van der Waals surface area contributed by atoms with Crippen LogP contribution in [-0.2, 0) is 28.6 Å². The highest BCUT2D eigenvalue weighted by Gasteiger charge is 2.19. The molecule has 0 bridgehead atoms. The van der Waals surface area contributed by atoms with E-state index in [1.807, 2.05) is 0 Å². The van der Waals surface area contributed by atoms with E-state index in [1.165, 1.54) is 244 Å². The van der Waals surface area contributed by atoms with Gasteiger partial charge in [0.15, 0.2) is 6.10 Å². The summed E-state index contributed by atoms with van der Waals surface area (Å²) in [7, 11) is 0. The second-order valence-electron chi connectivity index (χ2n) is 20.3. The molecular formula is C59H114O6. The van der Waals surface area contributed by atoms with E-state index in [1.54, 1.807) is 0 Å². The highest BCUT2D eigenvalue weighted by atomic mass is 16.6. The lowest BCUT2D eigenvalue weighted by molar-refractivity contribution is -0.167. The first kappa shape index (κ1) is 63.4. The molecule has 0 heterocycles. The average molecular weight is 920 g/mol. The van der Waals surface area contributed by atoms with Gasteiger partial charge in [-0.2, -0.15) is 0 Å². The maximum absolute atomic E-state index is 12.8. The summed E-state index contributed by atoms with van der Waals surface area (Å²) in [6.07, 6.45) is 61.4. The highest BCUT2D eigenvalue weighted by molar-refractivity contribution is 5.71. The summed E-state index contributed by atoms with van der Waals surface area (Å²) in [5, 5.41) is 0. The van der Waals surface area contributed by atoms with Crippen LogP contribution in [0.15, 0.2) is 0 Å². The van der Waals surface area contributed by atoms with E-state index < -0.39 is 6.10 Å². The van der Waals surface area contributed by atoms with Crippen molar-refractivity contribution in [3.63, 3.8) is 0 Å². The Labute approximate surface area is 406 Å². The fourth-order valence-electron chi connectivity index (χ4n) is 9.15. The molecule has 0 aromatic heterocycles. The fourth-order valence-corrected chi connectivity index (χ4v) is 9.15. The van der Waals surface area contributed by atoms with Crippen molar-refractivity contribution in [2.24, 2.45) is 0 Å². The van der Waals surface area contributed by atoms with Gasteiger partial charge in [-0.15, -0.1) is 0 Å². The van der Waals surface area contributed by atoms with Crippen molar-refractivity contribution in [3.05, 3.63) is 0 Å². The van der Waals surface area contributed by atoms with Crippen LogP contribution in [0.2, 0.25) is 0 Å². The summed E-state index contributed by atoms with van der Waals surface area (Å²) in [6, 6.07) is 0. The Bertz CT molecular complexity index is 967. The van der Waals surface area contributed by atoms with Gasteiger partial charge >= 0.3 is 17.9 Å². The van der Waals surface area contributed by atoms with Crippen molar-refractivity contribution in [3.8, 4) is 0 Å². The molecule has 0 aliphatic carbocycles. The van der Waals surface area contributed by atoms with Crippen LogP contribution in [0.1, 0.15) is 342 Å². The van der Waals surface area contributed by atoms with E-state index in [0.29, 0.717) is 19.3 Å². The Balaban J connectivity index is 4.05. The molecule has 1 unspecified atom stereocenters. The van der Waals surface area contributed by atoms with Crippen molar-refractivity contribution in [1.29, 1.82) is 0 Å². The highest BCUT2D eigenvalue weighted by Crippen LogP contribution is 2.18. The second kappa shape index (κ2) is 55.0. The molecule has 0 aliphatic rings. The van der Waals surface area contributed by atoms with E-state index in [4.69, 9.17) is 14.2 Å². The zero-order chi connectivity index (χ0) is 47.2. The topological polar surface area (TPSA) is 78.9 Å². The predicted octanol–water partition coefficient (Wildman–Crippen LogP) is 19.5. The van der Waals surface area contributed by atoms with Gasteiger partial charge < -0.3 is 14.2 Å². The first-order valence-corrected chi connectivity index (χ1v) is 29.5. The maximum Gasteiger partial charge on any atom is 0.306 e. The van der Waals surface area contributed by atoms with Gasteiger partial charge in [0.2, 0.25) is 0 Å². The number of ether oxygens (including phenoxy) is 3. The Hall–Kier alpha value is -1.59. The Morgan fingerprint density at radius 1 is 0.246 bits per heavy atom. The molecule has 65 heavy (non-hydrogen) atoms. The number of esters is 3. The van der Waals surface area contributed by atoms with Crippen LogP contribution in [0.25, 0.3) is 0 Å². The Kier molecular flexibility index (Phi) is 53.7. The lowest BCUT2D eigenvalue weighted by Crippen LogP contribution is -2.30. The summed E-state index contributed by atoms with van der Waals surface area (Å²) in [4.78, 5) is 37.9. The van der Waals surface area contributed by atoms with Gasteiger partial charge in [0, 0.05) is 19.3 Å². The van der Waals surface area contributed by atoms with Crippen molar-refractivity contribution in [2.75, 3.05) is 13.2 Å². The first-order valence-electron chi connectivity index (χ1n) is 29.5. The average Bonchev–Trinajstić information content (AvgIpc) is 3.30. The molecule has 0 N–H and O–H groups in total. The Morgan fingerprint density at radius 2 is 0.415 bits per heavy atom. The molecule has 0 spiro atoms. The molecule has 6 nitrogen and oxygen atoms in total. The molecule has 6 heteroatoms.